The molecule has 5 heteroatoms. The van der Waals surface area contributed by atoms with Crippen LogP contribution < -0.4 is 5.32 Å². The number of carbonyl (C=O) groups excluding carboxylic acids is 1. The molecule has 0 radical (unpaired) electrons. The highest BCUT2D eigenvalue weighted by Crippen LogP contribution is 2.37. The Balaban J connectivity index is 1.79. The van der Waals surface area contributed by atoms with Gasteiger partial charge in [0.15, 0.2) is 11.5 Å². The molecule has 3 N–H and O–H groups in total. The molecule has 0 bridgehead atoms. The number of nitrogens with one attached hydrogen (secondary N) is 1. The third kappa shape index (κ3) is 2.70. The smallest absolute Gasteiger partial charge is 0.257 e. The van der Waals surface area contributed by atoms with Crippen LogP contribution in [-0.4, -0.2) is 47.2 Å². The van der Waals surface area contributed by atoms with Gasteiger partial charge in [-0.1, -0.05) is 6.07 Å². The maximum Gasteiger partial charge on any atom is 0.257 e. The summed E-state index contributed by atoms with van der Waals surface area (Å²) >= 11 is 0. The Bertz CT molecular complexity index is 533. The molecule has 1 unspecified atom stereocenters. The van der Waals surface area contributed by atoms with Gasteiger partial charge in [0.25, 0.3) is 5.91 Å². The number of aromatic hydroxyl groups is 2. The zero-order valence-electron chi connectivity index (χ0n) is 12.1. The van der Waals surface area contributed by atoms with Crippen LogP contribution in [0.1, 0.15) is 36.0 Å². The standard InChI is InChI=1S/C16H22N2O3/c19-13-5-1-4-12(14(13)20)15(21)18-9-3-7-16(11-18)6-2-8-17-10-16/h1,4-5,17,19-20H,2-3,6-11H2. The third-order valence-corrected chi connectivity index (χ3v) is 4.75. The molecule has 2 saturated heterocycles. The number of nitrogens with zero attached hydrogens (tertiary/aromatic N) is 1. The maximum atomic E-state index is 12.6. The number of benzene rings is 1. The molecule has 2 heterocycles. The Kier molecular flexibility index (Phi) is 3.76. The van der Waals surface area contributed by atoms with Crippen LogP contribution in [0.4, 0.5) is 0 Å². The van der Waals surface area contributed by atoms with Gasteiger partial charge < -0.3 is 20.4 Å². The van der Waals surface area contributed by atoms with E-state index >= 15 is 0 Å². The van der Waals surface area contributed by atoms with E-state index in [1.165, 1.54) is 6.07 Å². The quantitative estimate of drug-likeness (QED) is 0.688. The van der Waals surface area contributed by atoms with E-state index in [1.807, 2.05) is 4.90 Å². The fraction of sp³-hybridized carbons (Fsp3) is 0.562. The van der Waals surface area contributed by atoms with Crippen LogP contribution in [-0.2, 0) is 0 Å². The largest absolute Gasteiger partial charge is 0.504 e. The predicted octanol–water partition coefficient (Wildman–Crippen LogP) is 1.70. The number of piperidine rings is 2. The number of rotatable bonds is 1. The predicted molar refractivity (Wildman–Crippen MR) is 79.4 cm³/mol. The number of phenolic OH excluding ortho intramolecular Hbond substituents is 2. The Morgan fingerprint density at radius 2 is 2.05 bits per heavy atom. The number of hydrogen-bond donors (Lipinski definition) is 3. The summed E-state index contributed by atoms with van der Waals surface area (Å²) in [5.74, 6) is -0.746. The van der Waals surface area contributed by atoms with E-state index in [4.69, 9.17) is 0 Å². The van der Waals surface area contributed by atoms with Gasteiger partial charge in [-0.05, 0) is 44.4 Å². The number of likely N-dealkylation sites (tertiary alicyclic amines) is 1. The maximum absolute atomic E-state index is 12.6. The van der Waals surface area contributed by atoms with Crippen molar-refractivity contribution in [1.82, 2.24) is 10.2 Å². The summed E-state index contributed by atoms with van der Waals surface area (Å²) in [7, 11) is 0. The van der Waals surface area contributed by atoms with Crippen molar-refractivity contribution in [2.24, 2.45) is 5.41 Å². The molecule has 3 rings (SSSR count). The second-order valence-corrected chi connectivity index (χ2v) is 6.28. The van der Waals surface area contributed by atoms with Crippen molar-refractivity contribution >= 4 is 5.91 Å². The molecule has 2 aliphatic heterocycles. The van der Waals surface area contributed by atoms with Crippen molar-refractivity contribution in [3.8, 4) is 11.5 Å². The summed E-state index contributed by atoms with van der Waals surface area (Å²) in [4.78, 5) is 14.5. The Hall–Kier alpha value is -1.75. The van der Waals surface area contributed by atoms with Gasteiger partial charge in [0.05, 0.1) is 5.56 Å². The van der Waals surface area contributed by atoms with Gasteiger partial charge >= 0.3 is 0 Å². The molecule has 1 aromatic carbocycles. The summed E-state index contributed by atoms with van der Waals surface area (Å²) in [6.07, 6.45) is 4.44. The van der Waals surface area contributed by atoms with Crippen molar-refractivity contribution in [2.45, 2.75) is 25.7 Å². The molecular weight excluding hydrogens is 268 g/mol. The average Bonchev–Trinajstić information content (AvgIpc) is 2.50. The molecule has 0 saturated carbocycles. The zero-order chi connectivity index (χ0) is 14.9. The van der Waals surface area contributed by atoms with Gasteiger partial charge in [0, 0.05) is 25.0 Å². The molecule has 114 valence electrons. The van der Waals surface area contributed by atoms with Gasteiger partial charge in [-0.3, -0.25) is 4.79 Å². The van der Waals surface area contributed by atoms with Crippen molar-refractivity contribution in [3.05, 3.63) is 23.8 Å². The summed E-state index contributed by atoms with van der Waals surface area (Å²) in [5.41, 5.74) is 0.370. The van der Waals surface area contributed by atoms with Crippen molar-refractivity contribution in [3.63, 3.8) is 0 Å². The Morgan fingerprint density at radius 1 is 1.24 bits per heavy atom. The lowest BCUT2D eigenvalue weighted by molar-refractivity contribution is 0.0431. The van der Waals surface area contributed by atoms with E-state index < -0.39 is 0 Å². The van der Waals surface area contributed by atoms with Gasteiger partial charge in [-0.25, -0.2) is 0 Å². The Morgan fingerprint density at radius 3 is 2.81 bits per heavy atom. The van der Waals surface area contributed by atoms with Crippen molar-refractivity contribution < 1.29 is 15.0 Å². The van der Waals surface area contributed by atoms with Crippen LogP contribution >= 0.6 is 0 Å². The van der Waals surface area contributed by atoms with Gasteiger partial charge in [-0.2, -0.15) is 0 Å². The topological polar surface area (TPSA) is 72.8 Å². The number of phenols is 2. The normalized spacial score (nSPS) is 26.0. The van der Waals surface area contributed by atoms with E-state index in [0.717, 1.165) is 51.9 Å². The van der Waals surface area contributed by atoms with Gasteiger partial charge in [0.2, 0.25) is 0 Å². The second-order valence-electron chi connectivity index (χ2n) is 6.28. The number of carbonyl (C=O) groups is 1. The summed E-state index contributed by atoms with van der Waals surface area (Å²) in [6.45, 7) is 3.47. The average molecular weight is 290 g/mol. The SMILES string of the molecule is O=C(c1cccc(O)c1O)N1CCCC2(CCCNC2)C1. The molecule has 0 aliphatic carbocycles. The highest BCUT2D eigenvalue weighted by atomic mass is 16.3. The lowest BCUT2D eigenvalue weighted by atomic mass is 9.74. The molecule has 2 fully saturated rings. The van der Waals surface area contributed by atoms with Crippen LogP contribution in [0.3, 0.4) is 0 Å². The molecule has 1 atom stereocenters. The van der Waals surface area contributed by atoms with E-state index in [0.29, 0.717) is 0 Å². The molecule has 2 aliphatic rings. The second kappa shape index (κ2) is 5.56. The molecule has 0 aromatic heterocycles. The van der Waals surface area contributed by atoms with Gasteiger partial charge in [-0.15, -0.1) is 0 Å². The van der Waals surface area contributed by atoms with E-state index in [9.17, 15) is 15.0 Å². The zero-order valence-corrected chi connectivity index (χ0v) is 12.1. The summed E-state index contributed by atoms with van der Waals surface area (Å²) in [5, 5.41) is 22.9. The lowest BCUT2D eigenvalue weighted by Crippen LogP contribution is -2.52. The van der Waals surface area contributed by atoms with Crippen LogP contribution in [0.25, 0.3) is 0 Å². The molecular formula is C16H22N2O3. The minimum absolute atomic E-state index is 0.179. The van der Waals surface area contributed by atoms with E-state index in [1.54, 1.807) is 12.1 Å². The first kappa shape index (κ1) is 14.2. The molecule has 21 heavy (non-hydrogen) atoms. The minimum atomic E-state index is -0.316. The van der Waals surface area contributed by atoms with Crippen LogP contribution in [0.15, 0.2) is 18.2 Å². The number of hydrogen-bond acceptors (Lipinski definition) is 4. The van der Waals surface area contributed by atoms with E-state index in [-0.39, 0.29) is 28.4 Å². The van der Waals surface area contributed by atoms with E-state index in [2.05, 4.69) is 5.32 Å². The van der Waals surface area contributed by atoms with Gasteiger partial charge in [0.1, 0.15) is 0 Å². The fourth-order valence-corrected chi connectivity index (χ4v) is 3.63. The van der Waals surface area contributed by atoms with Crippen LogP contribution in [0.5, 0.6) is 11.5 Å². The van der Waals surface area contributed by atoms with Crippen LogP contribution in [0, 0.1) is 5.41 Å². The molecule has 1 spiro atoms. The molecule has 5 nitrogen and oxygen atoms in total. The Labute approximate surface area is 124 Å². The number of amides is 1. The highest BCUT2D eigenvalue weighted by Gasteiger charge is 2.38. The molecule has 1 amide bonds. The number of para-hydroxylation sites is 1. The summed E-state index contributed by atoms with van der Waals surface area (Å²) in [6, 6.07) is 4.54. The monoisotopic (exact) mass is 290 g/mol. The minimum Gasteiger partial charge on any atom is -0.504 e. The summed E-state index contributed by atoms with van der Waals surface area (Å²) < 4.78 is 0. The fourth-order valence-electron chi connectivity index (χ4n) is 3.63. The molecule has 1 aromatic rings. The van der Waals surface area contributed by atoms with Crippen molar-refractivity contribution in [2.75, 3.05) is 26.2 Å². The highest BCUT2D eigenvalue weighted by molar-refractivity contribution is 5.97. The lowest BCUT2D eigenvalue weighted by Gasteiger charge is -2.45. The van der Waals surface area contributed by atoms with Crippen LogP contribution in [0.2, 0.25) is 0 Å². The first-order chi connectivity index (χ1) is 10.1. The first-order valence-corrected chi connectivity index (χ1v) is 7.62. The van der Waals surface area contributed by atoms with Crippen molar-refractivity contribution in [1.29, 1.82) is 0 Å². The first-order valence-electron chi connectivity index (χ1n) is 7.62. The third-order valence-electron chi connectivity index (χ3n) is 4.75.